The predicted molar refractivity (Wildman–Crippen MR) is 84.8 cm³/mol. The maximum atomic E-state index is 11.8. The van der Waals surface area contributed by atoms with Gasteiger partial charge in [-0.05, 0) is 36.4 Å². The lowest BCUT2D eigenvalue weighted by molar-refractivity contribution is -0.115. The summed E-state index contributed by atoms with van der Waals surface area (Å²) in [6.07, 6.45) is 1.89. The van der Waals surface area contributed by atoms with Crippen molar-refractivity contribution in [2.45, 2.75) is 6.42 Å². The number of nitrogens with zero attached hydrogens (tertiary/aromatic N) is 2. The minimum Gasteiger partial charge on any atom is -0.368 e. The molecule has 0 saturated carbocycles. The molecule has 0 unspecified atom stereocenters. The first-order valence-corrected chi connectivity index (χ1v) is 7.13. The highest BCUT2D eigenvalue weighted by Crippen LogP contribution is 2.14. The molecular formula is C15H13BrN4O. The Morgan fingerprint density at radius 2 is 2.05 bits per heavy atom. The number of anilines is 2. The lowest BCUT2D eigenvalue weighted by Gasteiger charge is -2.08. The molecule has 0 saturated heterocycles. The van der Waals surface area contributed by atoms with Gasteiger partial charge in [0.1, 0.15) is 11.9 Å². The summed E-state index contributed by atoms with van der Waals surface area (Å²) in [4.78, 5) is 15.9. The zero-order valence-corrected chi connectivity index (χ0v) is 12.7. The lowest BCUT2D eigenvalue weighted by atomic mass is 10.2. The molecule has 1 aromatic carbocycles. The van der Waals surface area contributed by atoms with Crippen molar-refractivity contribution in [2.24, 2.45) is 0 Å². The molecule has 106 valence electrons. The summed E-state index contributed by atoms with van der Waals surface area (Å²) in [7, 11) is 0. The molecule has 1 amide bonds. The lowest BCUT2D eigenvalue weighted by Crippen LogP contribution is -2.16. The highest BCUT2D eigenvalue weighted by Gasteiger charge is 2.05. The van der Waals surface area contributed by atoms with Crippen molar-refractivity contribution >= 4 is 33.3 Å². The van der Waals surface area contributed by atoms with E-state index in [1.165, 1.54) is 0 Å². The first-order valence-electron chi connectivity index (χ1n) is 6.33. The number of carbonyl (C=O) groups excluding carboxylic acids is 1. The third-order valence-electron chi connectivity index (χ3n) is 2.70. The fourth-order valence-electron chi connectivity index (χ4n) is 1.69. The van der Waals surface area contributed by atoms with Crippen molar-refractivity contribution < 1.29 is 4.79 Å². The second kappa shape index (κ2) is 7.41. The largest absolute Gasteiger partial charge is 0.368 e. The quantitative estimate of drug-likeness (QED) is 0.873. The zero-order chi connectivity index (χ0) is 15.1. The molecule has 0 spiro atoms. The SMILES string of the molecule is N#Cc1cccnc1NCCC(=O)Nc1ccc(Br)cc1. The van der Waals surface area contributed by atoms with Gasteiger partial charge in [0.2, 0.25) is 5.91 Å². The Balaban J connectivity index is 1.82. The Morgan fingerprint density at radius 1 is 1.29 bits per heavy atom. The van der Waals surface area contributed by atoms with Crippen LogP contribution in [0.25, 0.3) is 0 Å². The molecule has 1 aromatic heterocycles. The average Bonchev–Trinajstić information content (AvgIpc) is 2.50. The Bertz CT molecular complexity index is 664. The molecule has 2 aromatic rings. The summed E-state index contributed by atoms with van der Waals surface area (Å²) in [5, 5.41) is 14.7. The van der Waals surface area contributed by atoms with Crippen molar-refractivity contribution in [3.63, 3.8) is 0 Å². The molecule has 5 nitrogen and oxygen atoms in total. The molecule has 0 bridgehead atoms. The molecule has 0 fully saturated rings. The minimum absolute atomic E-state index is 0.0979. The van der Waals surface area contributed by atoms with Crippen LogP contribution in [0.4, 0.5) is 11.5 Å². The summed E-state index contributed by atoms with van der Waals surface area (Å²) in [5.74, 6) is 0.399. The van der Waals surface area contributed by atoms with Gasteiger partial charge in [-0.3, -0.25) is 4.79 Å². The Kier molecular flexibility index (Phi) is 5.29. The molecule has 2 rings (SSSR count). The fraction of sp³-hybridized carbons (Fsp3) is 0.133. The van der Waals surface area contributed by atoms with E-state index in [0.29, 0.717) is 17.9 Å². The third-order valence-corrected chi connectivity index (χ3v) is 3.23. The van der Waals surface area contributed by atoms with Gasteiger partial charge < -0.3 is 10.6 Å². The summed E-state index contributed by atoms with van der Waals surface area (Å²) >= 11 is 3.34. The topological polar surface area (TPSA) is 77.8 Å². The van der Waals surface area contributed by atoms with Crippen LogP contribution < -0.4 is 10.6 Å². The van der Waals surface area contributed by atoms with Gasteiger partial charge in [0, 0.05) is 29.3 Å². The Hall–Kier alpha value is -2.39. The van der Waals surface area contributed by atoms with E-state index in [4.69, 9.17) is 5.26 Å². The number of carbonyl (C=O) groups is 1. The summed E-state index contributed by atoms with van der Waals surface area (Å²) < 4.78 is 0.960. The van der Waals surface area contributed by atoms with E-state index in [0.717, 1.165) is 10.2 Å². The van der Waals surface area contributed by atoms with Crippen molar-refractivity contribution in [2.75, 3.05) is 17.2 Å². The number of hydrogen-bond acceptors (Lipinski definition) is 4. The van der Waals surface area contributed by atoms with Gasteiger partial charge in [-0.1, -0.05) is 15.9 Å². The fourth-order valence-corrected chi connectivity index (χ4v) is 1.95. The van der Waals surface area contributed by atoms with Crippen LogP contribution in [0.5, 0.6) is 0 Å². The standard InChI is InChI=1S/C15H13BrN4O/c16-12-3-5-13(6-4-12)20-14(21)7-9-19-15-11(10-17)2-1-8-18-15/h1-6,8H,7,9H2,(H,18,19)(H,20,21). The molecule has 0 aliphatic heterocycles. The van der Waals surface area contributed by atoms with Gasteiger partial charge in [-0.2, -0.15) is 5.26 Å². The molecule has 21 heavy (non-hydrogen) atoms. The van der Waals surface area contributed by atoms with Crippen LogP contribution in [0.1, 0.15) is 12.0 Å². The van der Waals surface area contributed by atoms with Crippen LogP contribution in [-0.4, -0.2) is 17.4 Å². The molecule has 0 aliphatic carbocycles. The molecule has 0 atom stereocenters. The molecule has 1 heterocycles. The molecule has 2 N–H and O–H groups in total. The normalized spacial score (nSPS) is 9.71. The number of pyridine rings is 1. The molecule has 0 radical (unpaired) electrons. The van der Waals surface area contributed by atoms with Crippen LogP contribution in [0.15, 0.2) is 47.1 Å². The van der Waals surface area contributed by atoms with E-state index in [1.807, 2.05) is 30.3 Å². The highest BCUT2D eigenvalue weighted by molar-refractivity contribution is 9.10. The van der Waals surface area contributed by atoms with Gasteiger partial charge in [-0.25, -0.2) is 4.98 Å². The molecular weight excluding hydrogens is 332 g/mol. The number of halogens is 1. The molecule has 0 aliphatic rings. The number of nitrogens with one attached hydrogen (secondary N) is 2. The summed E-state index contributed by atoms with van der Waals surface area (Å²) in [6, 6.07) is 12.8. The van der Waals surface area contributed by atoms with E-state index in [-0.39, 0.29) is 12.3 Å². The van der Waals surface area contributed by atoms with Gasteiger partial charge >= 0.3 is 0 Å². The predicted octanol–water partition coefficient (Wildman–Crippen LogP) is 3.16. The smallest absolute Gasteiger partial charge is 0.226 e. The number of hydrogen-bond donors (Lipinski definition) is 2. The van der Waals surface area contributed by atoms with Crippen LogP contribution >= 0.6 is 15.9 Å². The first-order chi connectivity index (χ1) is 10.2. The van der Waals surface area contributed by atoms with Crippen molar-refractivity contribution in [3.8, 4) is 6.07 Å². The average molecular weight is 345 g/mol. The van der Waals surface area contributed by atoms with Crippen LogP contribution in [0.2, 0.25) is 0 Å². The number of rotatable bonds is 5. The van der Waals surface area contributed by atoms with E-state index in [9.17, 15) is 4.79 Å². The first kappa shape index (κ1) is 15.0. The van der Waals surface area contributed by atoms with Crippen LogP contribution in [0, 0.1) is 11.3 Å². The summed E-state index contributed by atoms with van der Waals surface area (Å²) in [5.41, 5.74) is 1.21. The van der Waals surface area contributed by atoms with Gasteiger partial charge in [0.25, 0.3) is 0 Å². The zero-order valence-electron chi connectivity index (χ0n) is 11.1. The highest BCUT2D eigenvalue weighted by atomic mass is 79.9. The second-order valence-corrected chi connectivity index (χ2v) is 5.16. The number of nitriles is 1. The maximum absolute atomic E-state index is 11.8. The van der Waals surface area contributed by atoms with E-state index >= 15 is 0 Å². The van der Waals surface area contributed by atoms with E-state index < -0.39 is 0 Å². The Labute approximate surface area is 131 Å². The third kappa shape index (κ3) is 4.58. The monoisotopic (exact) mass is 344 g/mol. The second-order valence-electron chi connectivity index (χ2n) is 4.24. The minimum atomic E-state index is -0.0979. The number of benzene rings is 1. The van der Waals surface area contributed by atoms with Crippen molar-refractivity contribution in [1.82, 2.24) is 4.98 Å². The Morgan fingerprint density at radius 3 is 2.76 bits per heavy atom. The van der Waals surface area contributed by atoms with Gasteiger partial charge in [0.05, 0.1) is 5.56 Å². The summed E-state index contributed by atoms with van der Waals surface area (Å²) in [6.45, 7) is 0.411. The van der Waals surface area contributed by atoms with E-state index in [2.05, 4.69) is 31.5 Å². The maximum Gasteiger partial charge on any atom is 0.226 e. The van der Waals surface area contributed by atoms with Gasteiger partial charge in [0.15, 0.2) is 0 Å². The van der Waals surface area contributed by atoms with Crippen molar-refractivity contribution in [1.29, 1.82) is 5.26 Å². The van der Waals surface area contributed by atoms with Gasteiger partial charge in [-0.15, -0.1) is 0 Å². The van der Waals surface area contributed by atoms with Crippen LogP contribution in [0.3, 0.4) is 0 Å². The van der Waals surface area contributed by atoms with Crippen molar-refractivity contribution in [3.05, 3.63) is 52.6 Å². The molecule has 6 heteroatoms. The van der Waals surface area contributed by atoms with E-state index in [1.54, 1.807) is 18.3 Å². The number of aromatic nitrogens is 1. The van der Waals surface area contributed by atoms with Crippen LogP contribution in [-0.2, 0) is 4.79 Å². The number of amides is 1.